The highest BCUT2D eigenvalue weighted by Gasteiger charge is 2.41. The van der Waals surface area contributed by atoms with Gasteiger partial charge in [-0.3, -0.25) is 4.79 Å². The van der Waals surface area contributed by atoms with Gasteiger partial charge in [-0.05, 0) is 30.7 Å². The van der Waals surface area contributed by atoms with Crippen molar-refractivity contribution in [1.29, 1.82) is 0 Å². The third kappa shape index (κ3) is 3.96. The van der Waals surface area contributed by atoms with E-state index >= 15 is 0 Å². The van der Waals surface area contributed by atoms with Crippen LogP contribution in [-0.4, -0.2) is 47.1 Å². The molecule has 1 spiro atoms. The zero-order chi connectivity index (χ0) is 19.6. The van der Waals surface area contributed by atoms with Gasteiger partial charge >= 0.3 is 0 Å². The lowest BCUT2D eigenvalue weighted by atomic mass is 9.80. The summed E-state index contributed by atoms with van der Waals surface area (Å²) in [6.07, 6.45) is 5.96. The summed E-state index contributed by atoms with van der Waals surface area (Å²) in [5.41, 5.74) is 0.932. The first-order valence-electron chi connectivity index (χ1n) is 9.42. The van der Waals surface area contributed by atoms with E-state index in [1.807, 2.05) is 4.90 Å². The van der Waals surface area contributed by atoms with Gasteiger partial charge in [0.25, 0.3) is 5.91 Å². The molecule has 4 rings (SSSR count). The van der Waals surface area contributed by atoms with Crippen LogP contribution in [0.15, 0.2) is 30.6 Å². The zero-order valence-electron chi connectivity index (χ0n) is 15.5. The van der Waals surface area contributed by atoms with E-state index in [0.717, 1.165) is 51.6 Å². The molecule has 3 heterocycles. The van der Waals surface area contributed by atoms with Crippen molar-refractivity contribution in [3.05, 3.63) is 53.4 Å². The van der Waals surface area contributed by atoms with E-state index in [1.165, 1.54) is 24.5 Å². The molecule has 1 amide bonds. The summed E-state index contributed by atoms with van der Waals surface area (Å²) in [5.74, 6) is -1.04. The molecule has 0 atom stereocenters. The number of ether oxygens (including phenoxy) is 1. The number of anilines is 1. The minimum absolute atomic E-state index is 0.0699. The smallest absolute Gasteiger partial charge is 0.257 e. The summed E-state index contributed by atoms with van der Waals surface area (Å²) in [6.45, 7) is 3.14. The van der Waals surface area contributed by atoms with E-state index in [4.69, 9.17) is 4.74 Å². The second-order valence-electron chi connectivity index (χ2n) is 7.47. The standard InChI is InChI=1S/C20H22F2N4O2/c21-16-2-1-14(17(22)9-16)10-23-19-24-11-15(12-25-19)18(27)26-6-3-20(13-26)4-7-28-8-5-20/h1-2,9,11-12H,3-8,10,13H2,(H,23,24,25). The Morgan fingerprint density at radius 3 is 2.64 bits per heavy atom. The Morgan fingerprint density at radius 2 is 1.93 bits per heavy atom. The third-order valence-electron chi connectivity index (χ3n) is 5.63. The molecular weight excluding hydrogens is 366 g/mol. The number of halogens is 2. The number of hydrogen-bond donors (Lipinski definition) is 1. The fraction of sp³-hybridized carbons (Fsp3) is 0.450. The van der Waals surface area contributed by atoms with Gasteiger partial charge in [-0.25, -0.2) is 18.7 Å². The van der Waals surface area contributed by atoms with E-state index in [0.29, 0.717) is 11.1 Å². The monoisotopic (exact) mass is 388 g/mol. The first-order valence-corrected chi connectivity index (χ1v) is 9.42. The van der Waals surface area contributed by atoms with E-state index in [1.54, 1.807) is 0 Å². The SMILES string of the molecule is O=C(c1cnc(NCc2ccc(F)cc2F)nc1)N1CCC2(CCOCC2)C1. The average Bonchev–Trinajstić information content (AvgIpc) is 3.11. The summed E-state index contributed by atoms with van der Waals surface area (Å²) < 4.78 is 32.1. The fourth-order valence-corrected chi connectivity index (χ4v) is 3.87. The Hall–Kier alpha value is -2.61. The predicted molar refractivity (Wildman–Crippen MR) is 98.7 cm³/mol. The highest BCUT2D eigenvalue weighted by Crippen LogP contribution is 2.40. The number of rotatable bonds is 4. The van der Waals surface area contributed by atoms with Gasteiger partial charge in [0.05, 0.1) is 5.56 Å². The van der Waals surface area contributed by atoms with Crippen LogP contribution in [0.1, 0.15) is 35.2 Å². The number of aromatic nitrogens is 2. The number of nitrogens with zero attached hydrogens (tertiary/aromatic N) is 3. The minimum Gasteiger partial charge on any atom is -0.381 e. The van der Waals surface area contributed by atoms with Crippen LogP contribution in [0.5, 0.6) is 0 Å². The third-order valence-corrected chi connectivity index (χ3v) is 5.63. The number of carbonyl (C=O) groups excluding carboxylic acids is 1. The van der Waals surface area contributed by atoms with Crippen LogP contribution in [0.25, 0.3) is 0 Å². The molecule has 0 radical (unpaired) electrons. The number of likely N-dealkylation sites (tertiary alicyclic amines) is 1. The van der Waals surface area contributed by atoms with Gasteiger partial charge in [-0.15, -0.1) is 0 Å². The van der Waals surface area contributed by atoms with E-state index in [2.05, 4.69) is 15.3 Å². The highest BCUT2D eigenvalue weighted by atomic mass is 19.1. The Bertz CT molecular complexity index is 854. The fourth-order valence-electron chi connectivity index (χ4n) is 3.87. The minimum atomic E-state index is -0.629. The van der Waals surface area contributed by atoms with Gasteiger partial charge in [0.1, 0.15) is 11.6 Å². The van der Waals surface area contributed by atoms with Gasteiger partial charge in [-0.2, -0.15) is 0 Å². The molecule has 2 aliphatic heterocycles. The van der Waals surface area contributed by atoms with Crippen molar-refractivity contribution in [3.8, 4) is 0 Å². The van der Waals surface area contributed by atoms with E-state index < -0.39 is 11.6 Å². The van der Waals surface area contributed by atoms with Crippen LogP contribution in [0, 0.1) is 17.0 Å². The molecule has 0 aliphatic carbocycles. The second-order valence-corrected chi connectivity index (χ2v) is 7.47. The first kappa shape index (κ1) is 18.7. The topological polar surface area (TPSA) is 67.4 Å². The van der Waals surface area contributed by atoms with Crippen LogP contribution in [-0.2, 0) is 11.3 Å². The lowest BCUT2D eigenvalue weighted by molar-refractivity contribution is 0.0191. The normalized spacial score (nSPS) is 18.4. The molecule has 2 aliphatic rings. The summed E-state index contributed by atoms with van der Waals surface area (Å²) in [6, 6.07) is 3.40. The second kappa shape index (κ2) is 7.79. The van der Waals surface area contributed by atoms with Gasteiger partial charge < -0.3 is 15.0 Å². The number of benzene rings is 1. The molecule has 2 saturated heterocycles. The van der Waals surface area contributed by atoms with Crippen LogP contribution < -0.4 is 5.32 Å². The Kier molecular flexibility index (Phi) is 5.21. The molecule has 6 nitrogen and oxygen atoms in total. The summed E-state index contributed by atoms with van der Waals surface area (Å²) in [7, 11) is 0. The zero-order valence-corrected chi connectivity index (χ0v) is 15.5. The molecule has 148 valence electrons. The van der Waals surface area contributed by atoms with Crippen molar-refractivity contribution < 1.29 is 18.3 Å². The first-order chi connectivity index (χ1) is 13.5. The number of nitrogens with one attached hydrogen (secondary N) is 1. The van der Waals surface area contributed by atoms with Crippen molar-refractivity contribution in [2.75, 3.05) is 31.6 Å². The van der Waals surface area contributed by atoms with E-state index in [-0.39, 0.29) is 23.8 Å². The molecule has 28 heavy (non-hydrogen) atoms. The largest absolute Gasteiger partial charge is 0.381 e. The number of amides is 1. The van der Waals surface area contributed by atoms with Crippen LogP contribution in [0.4, 0.5) is 14.7 Å². The molecule has 0 unspecified atom stereocenters. The molecule has 0 saturated carbocycles. The molecule has 0 bridgehead atoms. The lowest BCUT2D eigenvalue weighted by Gasteiger charge is -2.33. The van der Waals surface area contributed by atoms with Crippen LogP contribution >= 0.6 is 0 Å². The predicted octanol–water partition coefficient (Wildman–Crippen LogP) is 3.01. The Morgan fingerprint density at radius 1 is 1.18 bits per heavy atom. The van der Waals surface area contributed by atoms with Crippen LogP contribution in [0.3, 0.4) is 0 Å². The molecule has 1 aromatic carbocycles. The van der Waals surface area contributed by atoms with Crippen molar-refractivity contribution in [2.45, 2.75) is 25.8 Å². The average molecular weight is 388 g/mol. The Labute approximate surface area is 161 Å². The lowest BCUT2D eigenvalue weighted by Crippen LogP contribution is -2.35. The molecule has 8 heteroatoms. The summed E-state index contributed by atoms with van der Waals surface area (Å²) in [4.78, 5) is 22.9. The molecule has 2 aromatic rings. The molecule has 1 N–H and O–H groups in total. The highest BCUT2D eigenvalue weighted by molar-refractivity contribution is 5.94. The van der Waals surface area contributed by atoms with Crippen molar-refractivity contribution in [1.82, 2.24) is 14.9 Å². The molecule has 2 fully saturated rings. The molecule has 1 aromatic heterocycles. The van der Waals surface area contributed by atoms with Crippen molar-refractivity contribution >= 4 is 11.9 Å². The van der Waals surface area contributed by atoms with Gasteiger partial charge in [-0.1, -0.05) is 6.07 Å². The summed E-state index contributed by atoms with van der Waals surface area (Å²) >= 11 is 0. The maximum absolute atomic E-state index is 13.7. The number of hydrogen-bond acceptors (Lipinski definition) is 5. The van der Waals surface area contributed by atoms with Gasteiger partial charge in [0.2, 0.25) is 5.95 Å². The summed E-state index contributed by atoms with van der Waals surface area (Å²) in [5, 5.41) is 2.88. The number of carbonyl (C=O) groups is 1. The molecular formula is C20H22F2N4O2. The van der Waals surface area contributed by atoms with Gasteiger partial charge in [0, 0.05) is 56.9 Å². The van der Waals surface area contributed by atoms with Gasteiger partial charge in [0.15, 0.2) is 0 Å². The maximum Gasteiger partial charge on any atom is 0.257 e. The van der Waals surface area contributed by atoms with Crippen LogP contribution in [0.2, 0.25) is 0 Å². The van der Waals surface area contributed by atoms with Crippen molar-refractivity contribution in [2.24, 2.45) is 5.41 Å². The van der Waals surface area contributed by atoms with Crippen molar-refractivity contribution in [3.63, 3.8) is 0 Å². The maximum atomic E-state index is 13.7. The quantitative estimate of drug-likeness (QED) is 0.872. The van der Waals surface area contributed by atoms with E-state index in [9.17, 15) is 13.6 Å². The Balaban J connectivity index is 1.36.